The predicted octanol–water partition coefficient (Wildman–Crippen LogP) is 5.11. The van der Waals surface area contributed by atoms with Crippen molar-refractivity contribution in [1.82, 2.24) is 20.2 Å². The maximum atomic E-state index is 14.9. The molecule has 3 saturated heterocycles. The molecule has 220 valence electrons. The molecule has 1 unspecified atom stereocenters. The SMILES string of the molecule is C#Cc1c(F)ccc2cc(O)cc(-c3cc4nc(OCC56CCCN5CCC6)nc5c4c(c3Cl)OCC3CNCCN53)c12. The zero-order valence-corrected chi connectivity index (χ0v) is 24.4. The van der Waals surface area contributed by atoms with E-state index in [1.54, 1.807) is 18.2 Å². The second-order valence-corrected chi connectivity index (χ2v) is 12.4. The van der Waals surface area contributed by atoms with Gasteiger partial charge in [-0.25, -0.2) is 4.39 Å². The molecule has 0 saturated carbocycles. The van der Waals surface area contributed by atoms with Gasteiger partial charge in [0.1, 0.15) is 30.6 Å². The zero-order chi connectivity index (χ0) is 29.3. The van der Waals surface area contributed by atoms with E-state index in [0.717, 1.165) is 51.4 Å². The Morgan fingerprint density at radius 3 is 2.79 bits per heavy atom. The minimum Gasteiger partial charge on any atom is -0.508 e. The van der Waals surface area contributed by atoms with E-state index in [1.165, 1.54) is 18.9 Å². The van der Waals surface area contributed by atoms with Gasteiger partial charge in [0.15, 0.2) is 5.75 Å². The number of piperazine rings is 1. The highest BCUT2D eigenvalue weighted by molar-refractivity contribution is 6.37. The number of hydrogen-bond donors (Lipinski definition) is 2. The van der Waals surface area contributed by atoms with Gasteiger partial charge in [0.2, 0.25) is 0 Å². The molecule has 2 N–H and O–H groups in total. The summed E-state index contributed by atoms with van der Waals surface area (Å²) in [6.45, 7) is 5.44. The van der Waals surface area contributed by atoms with Gasteiger partial charge in [-0.05, 0) is 74.0 Å². The van der Waals surface area contributed by atoms with Crippen molar-refractivity contribution >= 4 is 39.1 Å². The molecular weight excluding hydrogens is 569 g/mol. The van der Waals surface area contributed by atoms with Crippen LogP contribution in [0.3, 0.4) is 0 Å². The van der Waals surface area contributed by atoms with Crippen LogP contribution in [0, 0.1) is 18.2 Å². The molecule has 4 aromatic rings. The van der Waals surface area contributed by atoms with Crippen LogP contribution in [-0.2, 0) is 0 Å². The molecule has 3 aromatic carbocycles. The Labute approximate surface area is 253 Å². The summed E-state index contributed by atoms with van der Waals surface area (Å²) in [5, 5.41) is 16.2. The lowest BCUT2D eigenvalue weighted by Crippen LogP contribution is -2.53. The Bertz CT molecular complexity index is 1830. The third-order valence-corrected chi connectivity index (χ3v) is 10.0. The van der Waals surface area contributed by atoms with Crippen LogP contribution in [0.5, 0.6) is 17.5 Å². The molecule has 0 aliphatic carbocycles. The molecule has 8 nitrogen and oxygen atoms in total. The molecule has 1 atom stereocenters. The van der Waals surface area contributed by atoms with Crippen LogP contribution < -0.4 is 19.7 Å². The van der Waals surface area contributed by atoms with E-state index in [1.807, 2.05) is 6.07 Å². The summed E-state index contributed by atoms with van der Waals surface area (Å²) >= 11 is 7.15. The number of nitrogens with zero attached hydrogens (tertiary/aromatic N) is 4. The lowest BCUT2D eigenvalue weighted by molar-refractivity contribution is 0.108. The summed E-state index contributed by atoms with van der Waals surface area (Å²) < 4.78 is 27.8. The lowest BCUT2D eigenvalue weighted by Gasteiger charge is -2.35. The Morgan fingerprint density at radius 1 is 1.14 bits per heavy atom. The van der Waals surface area contributed by atoms with E-state index < -0.39 is 5.82 Å². The van der Waals surface area contributed by atoms with Crippen molar-refractivity contribution in [1.29, 1.82) is 0 Å². The fourth-order valence-corrected chi connectivity index (χ4v) is 7.92. The molecule has 0 bridgehead atoms. The first kappa shape index (κ1) is 26.8. The number of terminal acetylenes is 1. The maximum absolute atomic E-state index is 14.9. The zero-order valence-electron chi connectivity index (χ0n) is 23.6. The van der Waals surface area contributed by atoms with Gasteiger partial charge in [-0.3, -0.25) is 4.90 Å². The molecule has 8 rings (SSSR count). The highest BCUT2D eigenvalue weighted by atomic mass is 35.5. The average Bonchev–Trinajstić information content (AvgIpc) is 3.55. The Hall–Kier alpha value is -3.84. The third kappa shape index (κ3) is 4.19. The van der Waals surface area contributed by atoms with Gasteiger partial charge in [-0.1, -0.05) is 23.6 Å². The summed E-state index contributed by atoms with van der Waals surface area (Å²) in [5.74, 6) is 3.16. The quantitative estimate of drug-likeness (QED) is 0.313. The van der Waals surface area contributed by atoms with Crippen molar-refractivity contribution in [3.8, 4) is 41.0 Å². The fourth-order valence-electron chi connectivity index (χ4n) is 7.61. The summed E-state index contributed by atoms with van der Waals surface area (Å²) in [6, 6.07) is 8.22. The van der Waals surface area contributed by atoms with Gasteiger partial charge in [-0.15, -0.1) is 6.42 Å². The van der Waals surface area contributed by atoms with Crippen LogP contribution in [-0.4, -0.2) is 77.5 Å². The third-order valence-electron chi connectivity index (χ3n) is 9.65. The number of phenolic OH excluding ortho intramolecular Hbond substituents is 1. The Kier molecular flexibility index (Phi) is 6.30. The number of nitrogens with one attached hydrogen (secondary N) is 1. The second kappa shape index (κ2) is 10.1. The predicted molar refractivity (Wildman–Crippen MR) is 165 cm³/mol. The number of halogens is 2. The van der Waals surface area contributed by atoms with Crippen LogP contribution in [0.2, 0.25) is 5.02 Å². The van der Waals surface area contributed by atoms with Gasteiger partial charge in [0, 0.05) is 30.6 Å². The van der Waals surface area contributed by atoms with E-state index >= 15 is 0 Å². The summed E-state index contributed by atoms with van der Waals surface area (Å²) in [7, 11) is 0. The van der Waals surface area contributed by atoms with Crippen molar-refractivity contribution in [2.45, 2.75) is 37.3 Å². The smallest absolute Gasteiger partial charge is 0.319 e. The van der Waals surface area contributed by atoms with Gasteiger partial charge in [-0.2, -0.15) is 9.97 Å². The standard InChI is InChI=1S/C33H31ClFN5O3/c1-2-22-25(35)6-5-19-13-21(41)14-23(27(19)22)24-15-26-28-30(29(24)34)42-17-20-16-36-9-12-40(20)31(28)38-32(37-26)43-18-33-7-3-10-39(33)11-4-8-33/h1,5-6,13-15,20,36,41H,3-4,7-12,16-18H2. The number of anilines is 1. The Morgan fingerprint density at radius 2 is 1.98 bits per heavy atom. The number of aromatic nitrogens is 2. The summed E-state index contributed by atoms with van der Waals surface area (Å²) in [5.41, 5.74) is 1.75. The topological polar surface area (TPSA) is 83.0 Å². The average molecular weight is 600 g/mol. The lowest BCUT2D eigenvalue weighted by atomic mass is 9.93. The van der Waals surface area contributed by atoms with Crippen LogP contribution in [0.15, 0.2) is 30.3 Å². The minimum absolute atomic E-state index is 0.00701. The molecule has 4 aliphatic rings. The molecule has 1 aromatic heterocycles. The monoisotopic (exact) mass is 599 g/mol. The van der Waals surface area contributed by atoms with Crippen molar-refractivity contribution in [2.24, 2.45) is 0 Å². The second-order valence-electron chi connectivity index (χ2n) is 12.0. The first-order valence-electron chi connectivity index (χ1n) is 14.9. The van der Waals surface area contributed by atoms with Gasteiger partial charge >= 0.3 is 6.01 Å². The molecule has 10 heteroatoms. The van der Waals surface area contributed by atoms with Crippen molar-refractivity contribution < 1.29 is 19.0 Å². The van der Waals surface area contributed by atoms with Crippen LogP contribution >= 0.6 is 11.6 Å². The van der Waals surface area contributed by atoms with Crippen molar-refractivity contribution in [3.63, 3.8) is 0 Å². The summed E-state index contributed by atoms with van der Waals surface area (Å²) in [6.07, 6.45) is 10.4. The van der Waals surface area contributed by atoms with Gasteiger partial charge in [0.25, 0.3) is 0 Å². The van der Waals surface area contributed by atoms with Crippen LogP contribution in [0.1, 0.15) is 31.2 Å². The van der Waals surface area contributed by atoms with Crippen molar-refractivity contribution in [2.75, 3.05) is 50.8 Å². The van der Waals surface area contributed by atoms with E-state index in [2.05, 4.69) is 21.0 Å². The highest BCUT2D eigenvalue weighted by Crippen LogP contribution is 2.49. The first-order chi connectivity index (χ1) is 21.0. The first-order valence-corrected chi connectivity index (χ1v) is 15.3. The van der Waals surface area contributed by atoms with E-state index in [-0.39, 0.29) is 22.9 Å². The molecule has 0 radical (unpaired) electrons. The number of benzene rings is 3. The largest absolute Gasteiger partial charge is 0.508 e. The van der Waals surface area contributed by atoms with E-state index in [9.17, 15) is 9.50 Å². The normalized spacial score (nSPS) is 20.9. The molecule has 0 amide bonds. The molecule has 0 spiro atoms. The number of aromatic hydroxyl groups is 1. The fraction of sp³-hybridized carbons (Fsp3) is 0.394. The molecule has 5 heterocycles. The summed E-state index contributed by atoms with van der Waals surface area (Å²) in [4.78, 5) is 14.7. The van der Waals surface area contributed by atoms with Crippen LogP contribution in [0.25, 0.3) is 32.8 Å². The molecule has 43 heavy (non-hydrogen) atoms. The van der Waals surface area contributed by atoms with E-state index in [4.69, 9.17) is 37.5 Å². The number of rotatable bonds is 4. The molecular formula is C33H31ClFN5O3. The Balaban J connectivity index is 1.34. The number of phenols is 1. The van der Waals surface area contributed by atoms with E-state index in [0.29, 0.717) is 62.8 Å². The number of fused-ring (bicyclic) bond motifs is 4. The minimum atomic E-state index is -0.523. The molecule has 3 fully saturated rings. The van der Waals surface area contributed by atoms with Crippen LogP contribution in [0.4, 0.5) is 10.2 Å². The van der Waals surface area contributed by atoms with Crippen molar-refractivity contribution in [3.05, 3.63) is 46.7 Å². The van der Waals surface area contributed by atoms with Gasteiger partial charge in [0.05, 0.1) is 33.1 Å². The number of hydrogen-bond acceptors (Lipinski definition) is 8. The van der Waals surface area contributed by atoms with Gasteiger partial charge < -0.3 is 24.8 Å². The number of ether oxygens (including phenoxy) is 2. The maximum Gasteiger partial charge on any atom is 0.319 e. The molecule has 4 aliphatic heterocycles. The highest BCUT2D eigenvalue weighted by Gasteiger charge is 2.45.